The summed E-state index contributed by atoms with van der Waals surface area (Å²) in [6.45, 7) is 4.34. The van der Waals surface area contributed by atoms with Gasteiger partial charge in [-0.25, -0.2) is 4.79 Å². The van der Waals surface area contributed by atoms with Crippen molar-refractivity contribution in [1.82, 2.24) is 4.90 Å². The highest BCUT2D eigenvalue weighted by Crippen LogP contribution is 2.23. The van der Waals surface area contributed by atoms with Crippen molar-refractivity contribution in [2.24, 2.45) is 0 Å². The molecule has 0 fully saturated rings. The fraction of sp³-hybridized carbons (Fsp3) is 0.250. The number of hydrogen-bond acceptors (Lipinski definition) is 3. The van der Waals surface area contributed by atoms with Crippen LogP contribution in [0.1, 0.15) is 18.4 Å². The zero-order valence-corrected chi connectivity index (χ0v) is 11.5. The van der Waals surface area contributed by atoms with E-state index in [9.17, 15) is 9.59 Å². The molecule has 0 N–H and O–H groups in total. The Labute approximate surface area is 118 Å². The van der Waals surface area contributed by atoms with Crippen molar-refractivity contribution in [3.05, 3.63) is 54.2 Å². The third-order valence-electron chi connectivity index (χ3n) is 3.24. The minimum Gasteiger partial charge on any atom is -0.452 e. The van der Waals surface area contributed by atoms with Crippen LogP contribution in [0, 0.1) is 0 Å². The molecule has 0 unspecified atom stereocenters. The van der Waals surface area contributed by atoms with E-state index in [0.29, 0.717) is 17.8 Å². The number of nitrogens with zero attached hydrogens (tertiary/aromatic N) is 1. The molecule has 4 nitrogen and oxygen atoms in total. The number of carbonyl (C=O) groups is 2. The van der Waals surface area contributed by atoms with E-state index in [0.717, 1.165) is 18.4 Å². The first kappa shape index (κ1) is 14.1. The van der Waals surface area contributed by atoms with Crippen LogP contribution in [0.2, 0.25) is 0 Å². The van der Waals surface area contributed by atoms with Gasteiger partial charge in [0.25, 0.3) is 0 Å². The maximum atomic E-state index is 12.5. The van der Waals surface area contributed by atoms with Crippen molar-refractivity contribution in [3.63, 3.8) is 0 Å². The molecule has 1 aliphatic rings. The molecule has 1 heterocycles. The molecule has 0 radical (unpaired) electrons. The van der Waals surface area contributed by atoms with E-state index in [1.54, 1.807) is 6.08 Å². The first-order chi connectivity index (χ1) is 9.65. The summed E-state index contributed by atoms with van der Waals surface area (Å²) in [5.41, 5.74) is 1.50. The van der Waals surface area contributed by atoms with Crippen LogP contribution in [-0.4, -0.2) is 30.4 Å². The molecule has 0 saturated carbocycles. The quantitative estimate of drug-likeness (QED) is 0.794. The Bertz CT molecular complexity index is 560. The highest BCUT2D eigenvalue weighted by Gasteiger charge is 2.27. The number of benzene rings is 1. The summed E-state index contributed by atoms with van der Waals surface area (Å²) >= 11 is 0. The predicted molar refractivity (Wildman–Crippen MR) is 76.9 cm³/mol. The van der Waals surface area contributed by atoms with Gasteiger partial charge in [-0.3, -0.25) is 9.69 Å². The highest BCUT2D eigenvalue weighted by atomic mass is 16.5. The van der Waals surface area contributed by atoms with Gasteiger partial charge < -0.3 is 4.74 Å². The third-order valence-corrected chi connectivity index (χ3v) is 3.24. The Morgan fingerprint density at radius 2 is 1.95 bits per heavy atom. The van der Waals surface area contributed by atoms with E-state index in [4.69, 9.17) is 4.74 Å². The van der Waals surface area contributed by atoms with Crippen molar-refractivity contribution in [2.45, 2.75) is 12.8 Å². The van der Waals surface area contributed by atoms with Crippen molar-refractivity contribution >= 4 is 17.4 Å². The molecule has 0 atom stereocenters. The van der Waals surface area contributed by atoms with Crippen LogP contribution in [-0.2, 0) is 9.53 Å². The van der Waals surface area contributed by atoms with Gasteiger partial charge in [0.15, 0.2) is 0 Å². The van der Waals surface area contributed by atoms with Gasteiger partial charge in [0.05, 0.1) is 12.8 Å². The second kappa shape index (κ2) is 6.19. The number of Topliss-reactive ketones (excluding diaryl/α,β-unsaturated/α-hetero) is 1. The van der Waals surface area contributed by atoms with Crippen LogP contribution in [0.4, 0.5) is 4.79 Å². The van der Waals surface area contributed by atoms with E-state index in [2.05, 4.69) is 6.58 Å². The molecule has 0 aliphatic carbocycles. The number of hydrogen-bond donors (Lipinski definition) is 0. The standard InChI is InChI=1S/C16H17NO3/c1-12(13-8-4-3-5-9-13)15(18)14-10-6-7-11-17(14)16(19)20-2/h3-5,8-10H,1,6-7,11H2,2H3. The van der Waals surface area contributed by atoms with Gasteiger partial charge in [-0.2, -0.15) is 0 Å². The number of carbonyl (C=O) groups excluding carboxylic acids is 2. The molecule has 1 aromatic carbocycles. The number of ether oxygens (including phenoxy) is 1. The molecule has 0 spiro atoms. The second-order valence-electron chi connectivity index (χ2n) is 4.53. The highest BCUT2D eigenvalue weighted by molar-refractivity contribution is 6.28. The first-order valence-electron chi connectivity index (χ1n) is 6.50. The summed E-state index contributed by atoms with van der Waals surface area (Å²) in [5, 5.41) is 0. The average Bonchev–Trinajstić information content (AvgIpc) is 2.53. The number of rotatable bonds is 3. The smallest absolute Gasteiger partial charge is 0.414 e. The predicted octanol–water partition coefficient (Wildman–Crippen LogP) is 3.02. The molecular weight excluding hydrogens is 254 g/mol. The van der Waals surface area contributed by atoms with E-state index in [-0.39, 0.29) is 5.78 Å². The van der Waals surface area contributed by atoms with Gasteiger partial charge in [0.1, 0.15) is 0 Å². The van der Waals surface area contributed by atoms with Crippen LogP contribution in [0.3, 0.4) is 0 Å². The van der Waals surface area contributed by atoms with Gasteiger partial charge in [-0.15, -0.1) is 0 Å². The molecular formula is C16H17NO3. The normalized spacial score (nSPS) is 14.4. The van der Waals surface area contributed by atoms with Gasteiger partial charge >= 0.3 is 6.09 Å². The monoisotopic (exact) mass is 271 g/mol. The lowest BCUT2D eigenvalue weighted by atomic mass is 9.99. The molecule has 1 amide bonds. The summed E-state index contributed by atoms with van der Waals surface area (Å²) in [6, 6.07) is 9.22. The Kier molecular flexibility index (Phi) is 4.35. The van der Waals surface area contributed by atoms with Gasteiger partial charge in [0, 0.05) is 12.1 Å². The maximum Gasteiger partial charge on any atom is 0.414 e. The molecule has 104 valence electrons. The third kappa shape index (κ3) is 2.79. The summed E-state index contributed by atoms with van der Waals surface area (Å²) in [6.07, 6.45) is 2.86. The summed E-state index contributed by atoms with van der Waals surface area (Å²) in [5.74, 6) is -0.235. The largest absolute Gasteiger partial charge is 0.452 e. The van der Waals surface area contributed by atoms with E-state index >= 15 is 0 Å². The summed E-state index contributed by atoms with van der Waals surface area (Å²) in [4.78, 5) is 25.6. The van der Waals surface area contributed by atoms with Crippen LogP contribution in [0.5, 0.6) is 0 Å². The average molecular weight is 271 g/mol. The Balaban J connectivity index is 2.25. The fourth-order valence-corrected chi connectivity index (χ4v) is 2.16. The van der Waals surface area contributed by atoms with E-state index in [1.165, 1.54) is 12.0 Å². The zero-order valence-electron chi connectivity index (χ0n) is 11.5. The lowest BCUT2D eigenvalue weighted by Gasteiger charge is -2.26. The molecule has 2 rings (SSSR count). The van der Waals surface area contributed by atoms with E-state index in [1.807, 2.05) is 30.3 Å². The molecule has 0 saturated heterocycles. The number of amides is 1. The molecule has 1 aromatic rings. The van der Waals surface area contributed by atoms with Crippen LogP contribution in [0.25, 0.3) is 5.57 Å². The van der Waals surface area contributed by atoms with Crippen molar-refractivity contribution in [1.29, 1.82) is 0 Å². The number of ketones is 1. The minimum atomic E-state index is -0.509. The van der Waals surface area contributed by atoms with Crippen molar-refractivity contribution < 1.29 is 14.3 Å². The SMILES string of the molecule is C=C(C(=O)C1=CCCCN1C(=O)OC)c1ccccc1. The second-order valence-corrected chi connectivity index (χ2v) is 4.53. The lowest BCUT2D eigenvalue weighted by molar-refractivity contribution is -0.111. The molecule has 0 aromatic heterocycles. The van der Waals surface area contributed by atoms with Crippen molar-refractivity contribution in [2.75, 3.05) is 13.7 Å². The van der Waals surface area contributed by atoms with Gasteiger partial charge in [-0.05, 0) is 18.4 Å². The van der Waals surface area contributed by atoms with Gasteiger partial charge in [0.2, 0.25) is 5.78 Å². The Morgan fingerprint density at radius 1 is 1.25 bits per heavy atom. The maximum absolute atomic E-state index is 12.5. The summed E-state index contributed by atoms with van der Waals surface area (Å²) < 4.78 is 4.72. The van der Waals surface area contributed by atoms with Gasteiger partial charge in [-0.1, -0.05) is 43.0 Å². The Hall–Kier alpha value is -2.36. The molecule has 20 heavy (non-hydrogen) atoms. The van der Waals surface area contributed by atoms with Crippen LogP contribution >= 0.6 is 0 Å². The van der Waals surface area contributed by atoms with Crippen LogP contribution in [0.15, 0.2) is 48.7 Å². The van der Waals surface area contributed by atoms with Crippen molar-refractivity contribution in [3.8, 4) is 0 Å². The topological polar surface area (TPSA) is 46.6 Å². The first-order valence-corrected chi connectivity index (χ1v) is 6.50. The number of methoxy groups -OCH3 is 1. The van der Waals surface area contributed by atoms with E-state index < -0.39 is 6.09 Å². The van der Waals surface area contributed by atoms with Crippen LogP contribution < -0.4 is 0 Å². The Morgan fingerprint density at radius 3 is 2.60 bits per heavy atom. The number of allylic oxidation sites excluding steroid dienone is 2. The fourth-order valence-electron chi connectivity index (χ4n) is 2.16. The lowest BCUT2D eigenvalue weighted by Crippen LogP contribution is -2.36. The minimum absolute atomic E-state index is 0.235. The molecule has 0 bridgehead atoms. The summed E-state index contributed by atoms with van der Waals surface area (Å²) in [7, 11) is 1.31. The zero-order chi connectivity index (χ0) is 14.5. The molecule has 4 heteroatoms. The molecule has 1 aliphatic heterocycles.